The lowest BCUT2D eigenvalue weighted by atomic mass is 10.1. The van der Waals surface area contributed by atoms with E-state index < -0.39 is 0 Å². The van der Waals surface area contributed by atoms with E-state index in [2.05, 4.69) is 4.98 Å². The highest BCUT2D eigenvalue weighted by atomic mass is 16.5. The van der Waals surface area contributed by atoms with Crippen LogP contribution in [-0.2, 0) is 4.74 Å². The van der Waals surface area contributed by atoms with Crippen LogP contribution in [-0.4, -0.2) is 17.6 Å². The highest BCUT2D eigenvalue weighted by Crippen LogP contribution is 2.23. The van der Waals surface area contributed by atoms with Crippen molar-refractivity contribution in [2.24, 2.45) is 0 Å². The van der Waals surface area contributed by atoms with Crippen molar-refractivity contribution in [2.75, 3.05) is 6.61 Å². The van der Waals surface area contributed by atoms with Crippen LogP contribution in [0.25, 0.3) is 11.1 Å². The Kier molecular flexibility index (Phi) is 3.05. The number of nitrogens with one attached hydrogen (secondary N) is 1. The minimum Gasteiger partial charge on any atom is -0.462 e. The van der Waals surface area contributed by atoms with Crippen molar-refractivity contribution >= 4 is 5.97 Å². The van der Waals surface area contributed by atoms with E-state index in [9.17, 15) is 4.79 Å². The molecule has 82 valence electrons. The van der Waals surface area contributed by atoms with Crippen molar-refractivity contribution in [2.45, 2.75) is 6.92 Å². The van der Waals surface area contributed by atoms with Crippen molar-refractivity contribution in [1.82, 2.24) is 4.98 Å². The molecule has 0 aliphatic carbocycles. The Balaban J connectivity index is 2.37. The number of benzene rings is 1. The van der Waals surface area contributed by atoms with E-state index >= 15 is 0 Å². The van der Waals surface area contributed by atoms with E-state index in [1.54, 1.807) is 13.1 Å². The molecule has 16 heavy (non-hydrogen) atoms. The van der Waals surface area contributed by atoms with Crippen LogP contribution < -0.4 is 0 Å². The van der Waals surface area contributed by atoms with E-state index in [0.717, 1.165) is 11.1 Å². The summed E-state index contributed by atoms with van der Waals surface area (Å²) < 4.78 is 4.99. The first-order chi connectivity index (χ1) is 7.83. The lowest BCUT2D eigenvalue weighted by molar-refractivity contribution is 0.0527. The molecule has 2 aromatic rings. The molecule has 1 N–H and O–H groups in total. The van der Waals surface area contributed by atoms with Crippen molar-refractivity contribution in [1.29, 1.82) is 0 Å². The van der Waals surface area contributed by atoms with Gasteiger partial charge in [-0.1, -0.05) is 30.3 Å². The number of carbonyl (C=O) groups excluding carboxylic acids is 1. The van der Waals surface area contributed by atoms with E-state index in [-0.39, 0.29) is 5.97 Å². The second kappa shape index (κ2) is 4.66. The molecule has 0 fully saturated rings. The minimum absolute atomic E-state index is 0.289. The Morgan fingerprint density at radius 1 is 1.25 bits per heavy atom. The number of carbonyl (C=O) groups is 1. The van der Waals surface area contributed by atoms with Crippen molar-refractivity contribution in [3.05, 3.63) is 48.3 Å². The zero-order valence-corrected chi connectivity index (χ0v) is 9.07. The molecule has 1 heterocycles. The average molecular weight is 215 g/mol. The molecule has 0 bridgehead atoms. The topological polar surface area (TPSA) is 42.1 Å². The summed E-state index contributed by atoms with van der Waals surface area (Å²) in [5.74, 6) is -0.289. The Labute approximate surface area is 94.1 Å². The summed E-state index contributed by atoms with van der Waals surface area (Å²) in [4.78, 5) is 14.6. The van der Waals surface area contributed by atoms with Crippen LogP contribution >= 0.6 is 0 Å². The average Bonchev–Trinajstić information content (AvgIpc) is 2.79. The third kappa shape index (κ3) is 1.98. The third-order valence-electron chi connectivity index (χ3n) is 2.33. The van der Waals surface area contributed by atoms with Crippen LogP contribution in [0.1, 0.15) is 17.3 Å². The molecule has 0 saturated heterocycles. The molecule has 0 aliphatic heterocycles. The first-order valence-electron chi connectivity index (χ1n) is 5.22. The maximum atomic E-state index is 11.7. The number of aromatic nitrogens is 1. The standard InChI is InChI=1S/C13H13NO2/c1-2-16-13(15)12-9-14-8-11(12)10-6-4-3-5-7-10/h3-9,14H,2H2,1H3. The van der Waals surface area contributed by atoms with Crippen LogP contribution in [0, 0.1) is 0 Å². The van der Waals surface area contributed by atoms with Gasteiger partial charge in [-0.15, -0.1) is 0 Å². The van der Waals surface area contributed by atoms with Gasteiger partial charge in [0.2, 0.25) is 0 Å². The minimum atomic E-state index is -0.289. The van der Waals surface area contributed by atoms with Crippen molar-refractivity contribution < 1.29 is 9.53 Å². The summed E-state index contributed by atoms with van der Waals surface area (Å²) in [6, 6.07) is 9.76. The van der Waals surface area contributed by atoms with Gasteiger partial charge in [-0.25, -0.2) is 4.79 Å². The molecule has 3 heteroatoms. The molecule has 0 amide bonds. The summed E-state index contributed by atoms with van der Waals surface area (Å²) in [5.41, 5.74) is 2.46. The summed E-state index contributed by atoms with van der Waals surface area (Å²) in [7, 11) is 0. The van der Waals surface area contributed by atoms with Gasteiger partial charge in [0.15, 0.2) is 0 Å². The maximum Gasteiger partial charge on any atom is 0.340 e. The summed E-state index contributed by atoms with van der Waals surface area (Å²) in [5, 5.41) is 0. The maximum absolute atomic E-state index is 11.7. The highest BCUT2D eigenvalue weighted by Gasteiger charge is 2.14. The van der Waals surface area contributed by atoms with Gasteiger partial charge in [-0.05, 0) is 12.5 Å². The molecule has 1 aromatic heterocycles. The van der Waals surface area contributed by atoms with Gasteiger partial charge in [-0.3, -0.25) is 0 Å². The number of ether oxygens (including phenoxy) is 1. The number of hydrogen-bond donors (Lipinski definition) is 1. The number of H-pyrrole nitrogens is 1. The molecule has 0 spiro atoms. The molecule has 0 aliphatic rings. The van der Waals surface area contributed by atoms with E-state index in [0.29, 0.717) is 12.2 Å². The molecule has 0 unspecified atom stereocenters. The van der Waals surface area contributed by atoms with Gasteiger partial charge < -0.3 is 9.72 Å². The SMILES string of the molecule is CCOC(=O)c1c[nH]cc1-c1ccccc1. The van der Waals surface area contributed by atoms with Crippen LogP contribution in [0.2, 0.25) is 0 Å². The van der Waals surface area contributed by atoms with Gasteiger partial charge in [-0.2, -0.15) is 0 Å². The predicted molar refractivity (Wildman–Crippen MR) is 62.2 cm³/mol. The second-order valence-electron chi connectivity index (χ2n) is 3.37. The Morgan fingerprint density at radius 3 is 2.69 bits per heavy atom. The van der Waals surface area contributed by atoms with Gasteiger partial charge in [0.25, 0.3) is 0 Å². The first-order valence-corrected chi connectivity index (χ1v) is 5.22. The number of hydrogen-bond acceptors (Lipinski definition) is 2. The molecular formula is C13H13NO2. The Bertz CT molecular complexity index is 474. The smallest absolute Gasteiger partial charge is 0.340 e. The van der Waals surface area contributed by atoms with E-state index in [1.165, 1.54) is 0 Å². The zero-order valence-electron chi connectivity index (χ0n) is 9.07. The molecule has 2 rings (SSSR count). The Morgan fingerprint density at radius 2 is 2.00 bits per heavy atom. The fourth-order valence-corrected chi connectivity index (χ4v) is 1.60. The van der Waals surface area contributed by atoms with Crippen LogP contribution in [0.15, 0.2) is 42.7 Å². The van der Waals surface area contributed by atoms with Crippen LogP contribution in [0.4, 0.5) is 0 Å². The molecule has 0 saturated carbocycles. The van der Waals surface area contributed by atoms with Crippen LogP contribution in [0.5, 0.6) is 0 Å². The zero-order chi connectivity index (χ0) is 11.4. The molecular weight excluding hydrogens is 202 g/mol. The predicted octanol–water partition coefficient (Wildman–Crippen LogP) is 2.86. The normalized spacial score (nSPS) is 10.1. The van der Waals surface area contributed by atoms with E-state index in [1.807, 2.05) is 36.5 Å². The fraction of sp³-hybridized carbons (Fsp3) is 0.154. The Hall–Kier alpha value is -2.03. The van der Waals surface area contributed by atoms with Gasteiger partial charge in [0, 0.05) is 18.0 Å². The van der Waals surface area contributed by atoms with Crippen molar-refractivity contribution in [3.63, 3.8) is 0 Å². The number of esters is 1. The lowest BCUT2D eigenvalue weighted by Crippen LogP contribution is -2.04. The monoisotopic (exact) mass is 215 g/mol. The summed E-state index contributed by atoms with van der Waals surface area (Å²) in [6.45, 7) is 2.19. The van der Waals surface area contributed by atoms with Gasteiger partial charge in [0.05, 0.1) is 12.2 Å². The second-order valence-corrected chi connectivity index (χ2v) is 3.37. The molecule has 3 nitrogen and oxygen atoms in total. The van der Waals surface area contributed by atoms with Gasteiger partial charge >= 0.3 is 5.97 Å². The lowest BCUT2D eigenvalue weighted by Gasteiger charge is -2.03. The van der Waals surface area contributed by atoms with Gasteiger partial charge in [0.1, 0.15) is 0 Å². The van der Waals surface area contributed by atoms with Crippen LogP contribution in [0.3, 0.4) is 0 Å². The number of rotatable bonds is 3. The van der Waals surface area contributed by atoms with Crippen molar-refractivity contribution in [3.8, 4) is 11.1 Å². The summed E-state index contributed by atoms with van der Waals surface area (Å²) >= 11 is 0. The molecule has 0 radical (unpaired) electrons. The first kappa shape index (κ1) is 10.5. The largest absolute Gasteiger partial charge is 0.462 e. The van der Waals surface area contributed by atoms with E-state index in [4.69, 9.17) is 4.74 Å². The number of aromatic amines is 1. The highest BCUT2D eigenvalue weighted by molar-refractivity contribution is 5.97. The quantitative estimate of drug-likeness (QED) is 0.800. The third-order valence-corrected chi connectivity index (χ3v) is 2.33. The molecule has 1 aromatic carbocycles. The summed E-state index contributed by atoms with van der Waals surface area (Å²) in [6.07, 6.45) is 3.47. The fourth-order valence-electron chi connectivity index (χ4n) is 1.60. The molecule has 0 atom stereocenters.